The Labute approximate surface area is 118 Å². The zero-order chi connectivity index (χ0) is 14.7. The molecule has 1 aromatic carbocycles. The molecule has 0 radical (unpaired) electrons. The van der Waals surface area contributed by atoms with Crippen molar-refractivity contribution in [3.8, 4) is 5.75 Å². The number of nitrogens with one attached hydrogen (secondary N) is 1. The minimum absolute atomic E-state index is 0.0296. The van der Waals surface area contributed by atoms with Crippen LogP contribution in [0.1, 0.15) is 24.8 Å². The first kappa shape index (κ1) is 14.4. The third-order valence-electron chi connectivity index (χ3n) is 3.84. The van der Waals surface area contributed by atoms with Gasteiger partial charge in [0.15, 0.2) is 0 Å². The quantitative estimate of drug-likeness (QED) is 0.897. The Morgan fingerprint density at radius 1 is 1.40 bits per heavy atom. The largest absolute Gasteiger partial charge is 0.497 e. The number of hydrogen-bond donors (Lipinski definition) is 1. The van der Waals surface area contributed by atoms with E-state index in [2.05, 4.69) is 5.32 Å². The maximum Gasteiger partial charge on any atom is 0.242 e. The third-order valence-corrected chi connectivity index (χ3v) is 3.84. The van der Waals surface area contributed by atoms with Crippen LogP contribution in [0.3, 0.4) is 0 Å². The van der Waals surface area contributed by atoms with Gasteiger partial charge < -0.3 is 15.0 Å². The molecule has 2 amide bonds. The second-order valence-electron chi connectivity index (χ2n) is 5.01. The summed E-state index contributed by atoms with van der Waals surface area (Å²) in [5.41, 5.74) is 1.10. The first-order valence-electron chi connectivity index (χ1n) is 6.71. The zero-order valence-electron chi connectivity index (χ0n) is 12.1. The van der Waals surface area contributed by atoms with Crippen LogP contribution in [0, 0.1) is 0 Å². The van der Waals surface area contributed by atoms with Crippen LogP contribution in [0.5, 0.6) is 5.75 Å². The van der Waals surface area contributed by atoms with Gasteiger partial charge in [0.05, 0.1) is 7.11 Å². The predicted octanol–water partition coefficient (Wildman–Crippen LogP) is 1.15. The molecule has 2 unspecified atom stereocenters. The third kappa shape index (κ3) is 2.76. The van der Waals surface area contributed by atoms with Gasteiger partial charge in [-0.15, -0.1) is 0 Å². The van der Waals surface area contributed by atoms with Gasteiger partial charge in [0.1, 0.15) is 11.8 Å². The highest BCUT2D eigenvalue weighted by atomic mass is 16.5. The van der Waals surface area contributed by atoms with Gasteiger partial charge >= 0.3 is 0 Å². The molecular weight excluding hydrogens is 256 g/mol. The smallest absolute Gasteiger partial charge is 0.242 e. The van der Waals surface area contributed by atoms with Crippen molar-refractivity contribution in [3.63, 3.8) is 0 Å². The fraction of sp³-hybridized carbons (Fsp3) is 0.467. The Morgan fingerprint density at radius 2 is 2.05 bits per heavy atom. The molecule has 1 heterocycles. The summed E-state index contributed by atoms with van der Waals surface area (Å²) in [4.78, 5) is 25.4. The van der Waals surface area contributed by atoms with Gasteiger partial charge in [0.25, 0.3) is 0 Å². The van der Waals surface area contributed by atoms with Gasteiger partial charge in [-0.2, -0.15) is 0 Å². The van der Waals surface area contributed by atoms with Crippen molar-refractivity contribution in [1.29, 1.82) is 0 Å². The van der Waals surface area contributed by atoms with Crippen LogP contribution in [0.2, 0.25) is 0 Å². The lowest BCUT2D eigenvalue weighted by molar-refractivity contribution is -0.136. The number of methoxy groups -OCH3 is 1. The molecule has 1 aliphatic heterocycles. The molecule has 5 nitrogen and oxygen atoms in total. The molecule has 5 heteroatoms. The van der Waals surface area contributed by atoms with Crippen LogP contribution in [0.15, 0.2) is 24.3 Å². The van der Waals surface area contributed by atoms with Gasteiger partial charge in [-0.25, -0.2) is 0 Å². The number of carbonyl (C=O) groups is 2. The van der Waals surface area contributed by atoms with E-state index in [1.807, 2.05) is 24.3 Å². The van der Waals surface area contributed by atoms with E-state index in [-0.39, 0.29) is 17.7 Å². The van der Waals surface area contributed by atoms with Gasteiger partial charge in [-0.05, 0) is 24.6 Å². The van der Waals surface area contributed by atoms with Crippen molar-refractivity contribution in [3.05, 3.63) is 29.8 Å². The second-order valence-corrected chi connectivity index (χ2v) is 5.01. The number of benzene rings is 1. The van der Waals surface area contributed by atoms with Crippen molar-refractivity contribution < 1.29 is 14.3 Å². The van der Waals surface area contributed by atoms with Crippen molar-refractivity contribution in [1.82, 2.24) is 10.2 Å². The SMILES string of the molecule is CNC(=O)C(C)N1CC(c2ccc(OC)cc2)CC1=O. The zero-order valence-corrected chi connectivity index (χ0v) is 12.1. The number of ether oxygens (including phenoxy) is 1. The fourth-order valence-electron chi connectivity index (χ4n) is 2.56. The molecule has 0 aromatic heterocycles. The molecule has 0 aliphatic carbocycles. The van der Waals surface area contributed by atoms with Crippen LogP contribution in [-0.4, -0.2) is 43.5 Å². The maximum atomic E-state index is 12.1. The first-order valence-corrected chi connectivity index (χ1v) is 6.71. The highest BCUT2D eigenvalue weighted by molar-refractivity contribution is 5.88. The van der Waals surface area contributed by atoms with E-state index in [1.54, 1.807) is 26.0 Å². The van der Waals surface area contributed by atoms with Crippen molar-refractivity contribution in [2.45, 2.75) is 25.3 Å². The number of rotatable bonds is 4. The summed E-state index contributed by atoms with van der Waals surface area (Å²) in [5.74, 6) is 0.838. The molecule has 1 aliphatic rings. The second kappa shape index (κ2) is 5.94. The van der Waals surface area contributed by atoms with Crippen molar-refractivity contribution in [2.24, 2.45) is 0 Å². The lowest BCUT2D eigenvalue weighted by atomic mass is 9.98. The highest BCUT2D eigenvalue weighted by Crippen LogP contribution is 2.30. The predicted molar refractivity (Wildman–Crippen MR) is 75.6 cm³/mol. The summed E-state index contributed by atoms with van der Waals surface area (Å²) in [7, 11) is 3.21. The molecule has 0 saturated carbocycles. The summed E-state index contributed by atoms with van der Waals surface area (Å²) in [6.45, 7) is 2.34. The number of amides is 2. The molecule has 1 N–H and O–H groups in total. The van der Waals surface area contributed by atoms with Crippen LogP contribution in [-0.2, 0) is 9.59 Å². The molecule has 0 spiro atoms. The van der Waals surface area contributed by atoms with Gasteiger partial charge in [-0.1, -0.05) is 12.1 Å². The van der Waals surface area contributed by atoms with Gasteiger partial charge in [0.2, 0.25) is 11.8 Å². The van der Waals surface area contributed by atoms with Crippen molar-refractivity contribution >= 4 is 11.8 Å². The minimum atomic E-state index is -0.421. The molecule has 1 aromatic rings. The maximum absolute atomic E-state index is 12.1. The highest BCUT2D eigenvalue weighted by Gasteiger charge is 2.35. The topological polar surface area (TPSA) is 58.6 Å². The molecule has 108 valence electrons. The average molecular weight is 276 g/mol. The Balaban J connectivity index is 2.09. The van der Waals surface area contributed by atoms with E-state index in [4.69, 9.17) is 4.74 Å². The van der Waals surface area contributed by atoms with Crippen LogP contribution >= 0.6 is 0 Å². The molecule has 2 rings (SSSR count). The average Bonchev–Trinajstić information content (AvgIpc) is 2.87. The van der Waals surface area contributed by atoms with Gasteiger partial charge in [0, 0.05) is 25.9 Å². The number of hydrogen-bond acceptors (Lipinski definition) is 3. The number of likely N-dealkylation sites (tertiary alicyclic amines) is 1. The van der Waals surface area contributed by atoms with Crippen LogP contribution in [0.4, 0.5) is 0 Å². The monoisotopic (exact) mass is 276 g/mol. The lowest BCUT2D eigenvalue weighted by Crippen LogP contribution is -2.44. The Hall–Kier alpha value is -2.04. The first-order chi connectivity index (χ1) is 9.56. The van der Waals surface area contributed by atoms with Crippen LogP contribution in [0.25, 0.3) is 0 Å². The molecule has 1 saturated heterocycles. The fourth-order valence-corrected chi connectivity index (χ4v) is 2.56. The molecule has 1 fully saturated rings. The number of carbonyl (C=O) groups excluding carboxylic acids is 2. The normalized spacial score (nSPS) is 19.9. The molecule has 0 bridgehead atoms. The number of nitrogens with zero attached hydrogens (tertiary/aromatic N) is 1. The lowest BCUT2D eigenvalue weighted by Gasteiger charge is -2.23. The Morgan fingerprint density at radius 3 is 2.60 bits per heavy atom. The van der Waals surface area contributed by atoms with E-state index in [9.17, 15) is 9.59 Å². The van der Waals surface area contributed by atoms with Crippen molar-refractivity contribution in [2.75, 3.05) is 20.7 Å². The molecule has 2 atom stereocenters. The summed E-state index contributed by atoms with van der Waals surface area (Å²) < 4.78 is 5.13. The molecule has 20 heavy (non-hydrogen) atoms. The standard InChI is InChI=1S/C15H20N2O3/c1-10(15(19)16-2)17-9-12(8-14(17)18)11-4-6-13(20-3)7-5-11/h4-7,10,12H,8-9H2,1-3H3,(H,16,19). The summed E-state index contributed by atoms with van der Waals surface area (Å²) >= 11 is 0. The van der Waals surface area contributed by atoms with E-state index in [0.29, 0.717) is 13.0 Å². The summed E-state index contributed by atoms with van der Waals surface area (Å²) in [6, 6.07) is 7.32. The summed E-state index contributed by atoms with van der Waals surface area (Å²) in [6.07, 6.45) is 0.452. The van der Waals surface area contributed by atoms with Crippen LogP contribution < -0.4 is 10.1 Å². The van der Waals surface area contributed by atoms with E-state index in [0.717, 1.165) is 11.3 Å². The molecular formula is C15H20N2O3. The van der Waals surface area contributed by atoms with E-state index >= 15 is 0 Å². The minimum Gasteiger partial charge on any atom is -0.497 e. The van der Waals surface area contributed by atoms with E-state index in [1.165, 1.54) is 0 Å². The number of likely N-dealkylation sites (N-methyl/N-ethyl adjacent to an activating group) is 1. The Kier molecular flexibility index (Phi) is 4.27. The summed E-state index contributed by atoms with van der Waals surface area (Å²) in [5, 5.41) is 2.58. The van der Waals surface area contributed by atoms with E-state index < -0.39 is 6.04 Å². The Bertz CT molecular complexity index is 498. The van der Waals surface area contributed by atoms with Gasteiger partial charge in [-0.3, -0.25) is 9.59 Å².